The van der Waals surface area contributed by atoms with Gasteiger partial charge in [-0.2, -0.15) is 0 Å². The molecule has 1 aromatic rings. The summed E-state index contributed by atoms with van der Waals surface area (Å²) in [7, 11) is 0. The number of benzene rings is 1. The average molecular weight is 272 g/mol. The number of hydrogen-bond donors (Lipinski definition) is 1. The third-order valence-corrected chi connectivity index (χ3v) is 4.61. The van der Waals surface area contributed by atoms with E-state index in [1.54, 1.807) is 0 Å². The molecule has 3 nitrogen and oxygen atoms in total. The molecule has 0 unspecified atom stereocenters. The molecule has 3 rings (SSSR count). The molecule has 1 saturated heterocycles. The zero-order chi connectivity index (χ0) is 13.9. The Hall–Kier alpha value is -1.35. The van der Waals surface area contributed by atoms with Crippen LogP contribution >= 0.6 is 0 Å². The molecular weight excluding hydrogens is 248 g/mol. The van der Waals surface area contributed by atoms with E-state index in [-0.39, 0.29) is 11.9 Å². The van der Waals surface area contributed by atoms with Gasteiger partial charge in [0.05, 0.1) is 6.04 Å². The second-order valence-corrected chi connectivity index (χ2v) is 6.03. The maximum absolute atomic E-state index is 12.1. The number of piperidine rings is 1. The minimum atomic E-state index is 0.180. The van der Waals surface area contributed by atoms with Crippen LogP contribution in [0.25, 0.3) is 0 Å². The van der Waals surface area contributed by atoms with Gasteiger partial charge in [0.15, 0.2) is 0 Å². The van der Waals surface area contributed by atoms with Crippen LogP contribution in [-0.4, -0.2) is 23.4 Å². The van der Waals surface area contributed by atoms with Crippen molar-refractivity contribution in [2.45, 2.75) is 57.7 Å². The molecule has 108 valence electrons. The number of amides is 1. The topological polar surface area (TPSA) is 32.3 Å². The molecule has 2 aliphatic heterocycles. The zero-order valence-electron chi connectivity index (χ0n) is 12.3. The lowest BCUT2D eigenvalue weighted by Gasteiger charge is -2.45. The summed E-state index contributed by atoms with van der Waals surface area (Å²) in [5, 5.41) is 3.29. The first kappa shape index (κ1) is 13.6. The maximum atomic E-state index is 12.1. The Kier molecular flexibility index (Phi) is 4.06. The first-order valence-corrected chi connectivity index (χ1v) is 7.91. The molecule has 0 aromatic heterocycles. The molecule has 2 atom stereocenters. The van der Waals surface area contributed by atoms with E-state index in [0.717, 1.165) is 13.0 Å². The van der Waals surface area contributed by atoms with E-state index in [0.29, 0.717) is 12.5 Å². The Labute approximate surface area is 121 Å². The molecule has 1 fully saturated rings. The molecule has 1 aromatic carbocycles. The molecule has 1 amide bonds. The van der Waals surface area contributed by atoms with Gasteiger partial charge >= 0.3 is 0 Å². The molecule has 0 bridgehead atoms. The van der Waals surface area contributed by atoms with E-state index < -0.39 is 0 Å². The lowest BCUT2D eigenvalue weighted by atomic mass is 9.84. The van der Waals surface area contributed by atoms with Crippen molar-refractivity contribution >= 4 is 5.91 Å². The van der Waals surface area contributed by atoms with Crippen LogP contribution < -0.4 is 5.32 Å². The van der Waals surface area contributed by atoms with Crippen molar-refractivity contribution in [3.8, 4) is 0 Å². The minimum Gasteiger partial charge on any atom is -0.348 e. The Balaban J connectivity index is 1.88. The molecule has 20 heavy (non-hydrogen) atoms. The number of rotatable bonds is 3. The Bertz CT molecular complexity index is 486. The molecule has 1 N–H and O–H groups in total. The van der Waals surface area contributed by atoms with Crippen LogP contribution in [0.5, 0.6) is 0 Å². The van der Waals surface area contributed by atoms with Gasteiger partial charge in [0.1, 0.15) is 0 Å². The van der Waals surface area contributed by atoms with E-state index in [9.17, 15) is 4.79 Å². The van der Waals surface area contributed by atoms with Gasteiger partial charge in [-0.25, -0.2) is 0 Å². The van der Waals surface area contributed by atoms with E-state index in [4.69, 9.17) is 0 Å². The van der Waals surface area contributed by atoms with Crippen LogP contribution in [0.2, 0.25) is 0 Å². The third kappa shape index (κ3) is 2.59. The summed E-state index contributed by atoms with van der Waals surface area (Å²) in [5.74, 6) is 0.194. The highest BCUT2D eigenvalue weighted by Crippen LogP contribution is 2.36. The fourth-order valence-corrected chi connectivity index (χ4v) is 3.64. The second-order valence-electron chi connectivity index (χ2n) is 6.03. The summed E-state index contributed by atoms with van der Waals surface area (Å²) in [6.45, 7) is 4.27. The molecule has 0 radical (unpaired) electrons. The number of hydrogen-bond acceptors (Lipinski definition) is 2. The van der Waals surface area contributed by atoms with Gasteiger partial charge in [-0.05, 0) is 36.9 Å². The minimum absolute atomic E-state index is 0.180. The molecule has 2 heterocycles. The van der Waals surface area contributed by atoms with Gasteiger partial charge in [0.2, 0.25) is 5.91 Å². The summed E-state index contributed by atoms with van der Waals surface area (Å²) in [6.07, 6.45) is 5.31. The van der Waals surface area contributed by atoms with Crippen molar-refractivity contribution < 1.29 is 4.79 Å². The van der Waals surface area contributed by atoms with Crippen LogP contribution in [-0.2, 0) is 11.3 Å². The highest BCUT2D eigenvalue weighted by atomic mass is 16.1. The molecule has 0 saturated carbocycles. The Morgan fingerprint density at radius 2 is 2.20 bits per heavy atom. The summed E-state index contributed by atoms with van der Waals surface area (Å²) >= 11 is 0. The van der Waals surface area contributed by atoms with Gasteiger partial charge in [-0.15, -0.1) is 0 Å². The molecular formula is C17H24N2O. The summed E-state index contributed by atoms with van der Waals surface area (Å²) in [5.41, 5.74) is 2.72. The monoisotopic (exact) mass is 272 g/mol. The number of fused-ring (bicyclic) bond motifs is 2. The Morgan fingerprint density at radius 3 is 3.05 bits per heavy atom. The van der Waals surface area contributed by atoms with Gasteiger partial charge in [0.25, 0.3) is 0 Å². The fourth-order valence-electron chi connectivity index (χ4n) is 3.64. The first-order chi connectivity index (χ1) is 9.79. The van der Waals surface area contributed by atoms with Crippen molar-refractivity contribution in [1.29, 1.82) is 0 Å². The third-order valence-electron chi connectivity index (χ3n) is 4.61. The van der Waals surface area contributed by atoms with Crippen LogP contribution in [0, 0.1) is 0 Å². The predicted molar refractivity (Wildman–Crippen MR) is 80.3 cm³/mol. The normalized spacial score (nSPS) is 25.6. The maximum Gasteiger partial charge on any atom is 0.220 e. The molecule has 0 spiro atoms. The lowest BCUT2D eigenvalue weighted by Crippen LogP contribution is -2.51. The van der Waals surface area contributed by atoms with Gasteiger partial charge in [-0.1, -0.05) is 37.6 Å². The SMILES string of the molecule is CCCC(=O)N[C@@H]1c2ccccc2CN2CCCC[C@@H]12. The highest BCUT2D eigenvalue weighted by Gasteiger charge is 2.36. The molecule has 3 heteroatoms. The quantitative estimate of drug-likeness (QED) is 0.917. The van der Waals surface area contributed by atoms with Crippen molar-refractivity contribution in [1.82, 2.24) is 10.2 Å². The summed E-state index contributed by atoms with van der Waals surface area (Å²) < 4.78 is 0. The standard InChI is InChI=1S/C17H24N2O/c1-2-7-16(20)18-17-14-9-4-3-8-13(14)12-19-11-6-5-10-15(17)19/h3-4,8-9,15,17H,2,5-7,10-12H2,1H3,(H,18,20)/t15-,17+/m0/s1. The van der Waals surface area contributed by atoms with Gasteiger partial charge in [0, 0.05) is 19.0 Å². The first-order valence-electron chi connectivity index (χ1n) is 7.91. The van der Waals surface area contributed by atoms with Gasteiger partial charge in [-0.3, -0.25) is 9.69 Å². The number of nitrogens with zero attached hydrogens (tertiary/aromatic N) is 1. The number of nitrogens with one attached hydrogen (secondary N) is 1. The highest BCUT2D eigenvalue weighted by molar-refractivity contribution is 5.76. The molecule has 2 aliphatic rings. The second kappa shape index (κ2) is 5.96. The lowest BCUT2D eigenvalue weighted by molar-refractivity contribution is -0.122. The van der Waals surface area contributed by atoms with Crippen molar-refractivity contribution in [2.75, 3.05) is 6.54 Å². The fraction of sp³-hybridized carbons (Fsp3) is 0.588. The molecule has 0 aliphatic carbocycles. The zero-order valence-corrected chi connectivity index (χ0v) is 12.3. The average Bonchev–Trinajstić information content (AvgIpc) is 2.47. The van der Waals surface area contributed by atoms with Crippen LogP contribution in [0.4, 0.5) is 0 Å². The van der Waals surface area contributed by atoms with Gasteiger partial charge < -0.3 is 5.32 Å². The summed E-state index contributed by atoms with van der Waals surface area (Å²) in [6, 6.07) is 9.26. The Morgan fingerprint density at radius 1 is 1.35 bits per heavy atom. The van der Waals surface area contributed by atoms with Crippen LogP contribution in [0.3, 0.4) is 0 Å². The van der Waals surface area contributed by atoms with E-state index in [1.165, 1.54) is 36.9 Å². The van der Waals surface area contributed by atoms with Crippen LogP contribution in [0.15, 0.2) is 24.3 Å². The number of carbonyl (C=O) groups excluding carboxylic acids is 1. The van der Waals surface area contributed by atoms with Crippen molar-refractivity contribution in [2.24, 2.45) is 0 Å². The summed E-state index contributed by atoms with van der Waals surface area (Å²) in [4.78, 5) is 14.6. The predicted octanol–water partition coefficient (Wildman–Crippen LogP) is 3.01. The largest absolute Gasteiger partial charge is 0.348 e. The van der Waals surface area contributed by atoms with Crippen molar-refractivity contribution in [3.05, 3.63) is 35.4 Å². The van der Waals surface area contributed by atoms with Crippen molar-refractivity contribution in [3.63, 3.8) is 0 Å². The van der Waals surface area contributed by atoms with Crippen LogP contribution in [0.1, 0.15) is 56.2 Å². The van der Waals surface area contributed by atoms with E-state index >= 15 is 0 Å². The van der Waals surface area contributed by atoms with E-state index in [1.807, 2.05) is 0 Å². The number of carbonyl (C=O) groups is 1. The van der Waals surface area contributed by atoms with E-state index in [2.05, 4.69) is 41.4 Å². The smallest absolute Gasteiger partial charge is 0.220 e.